The molecule has 160 valence electrons. The number of urea groups is 1. The summed E-state index contributed by atoms with van der Waals surface area (Å²) in [7, 11) is 0. The van der Waals surface area contributed by atoms with Gasteiger partial charge in [-0.2, -0.15) is 0 Å². The summed E-state index contributed by atoms with van der Waals surface area (Å²) in [5.74, 6) is 0. The summed E-state index contributed by atoms with van der Waals surface area (Å²) < 4.78 is 0. The van der Waals surface area contributed by atoms with Gasteiger partial charge in [0.1, 0.15) is 0 Å². The number of hydrogen-bond acceptors (Lipinski definition) is 3. The van der Waals surface area contributed by atoms with Crippen LogP contribution < -0.4 is 0 Å². The summed E-state index contributed by atoms with van der Waals surface area (Å²) in [6.07, 6.45) is 2.17. The Balaban J connectivity index is 1.14. The molecule has 0 bridgehead atoms. The van der Waals surface area contributed by atoms with Gasteiger partial charge in [0.2, 0.25) is 0 Å². The van der Waals surface area contributed by atoms with E-state index in [2.05, 4.69) is 80.3 Å². The molecule has 0 radical (unpaired) electrons. The Hall–Kier alpha value is -2.37. The molecule has 2 aliphatic heterocycles. The SMILES string of the molecule is O=C(N1CCN(CCc2ccccc2)CC1)N1CCN(CCc2ccccc2)CC1. The third kappa shape index (κ3) is 5.83. The molecule has 2 aromatic carbocycles. The summed E-state index contributed by atoms with van der Waals surface area (Å²) >= 11 is 0. The minimum atomic E-state index is 0.236. The maximum absolute atomic E-state index is 12.9. The van der Waals surface area contributed by atoms with Gasteiger partial charge in [-0.1, -0.05) is 60.7 Å². The van der Waals surface area contributed by atoms with Gasteiger partial charge in [0.25, 0.3) is 0 Å². The first-order chi connectivity index (χ1) is 14.8. The molecule has 0 atom stereocenters. The van der Waals surface area contributed by atoms with Crippen LogP contribution in [0.1, 0.15) is 11.1 Å². The zero-order valence-electron chi connectivity index (χ0n) is 18.0. The average Bonchev–Trinajstić information content (AvgIpc) is 2.83. The first-order valence-corrected chi connectivity index (χ1v) is 11.3. The molecule has 5 nitrogen and oxygen atoms in total. The quantitative estimate of drug-likeness (QED) is 0.739. The first kappa shape index (κ1) is 20.9. The van der Waals surface area contributed by atoms with Crippen LogP contribution in [0.5, 0.6) is 0 Å². The predicted octanol–water partition coefficient (Wildman–Crippen LogP) is 2.83. The minimum absolute atomic E-state index is 0.236. The Morgan fingerprint density at radius 2 is 0.933 bits per heavy atom. The van der Waals surface area contributed by atoms with Crippen molar-refractivity contribution in [2.45, 2.75) is 12.8 Å². The van der Waals surface area contributed by atoms with E-state index in [4.69, 9.17) is 0 Å². The van der Waals surface area contributed by atoms with Gasteiger partial charge in [-0.05, 0) is 24.0 Å². The van der Waals surface area contributed by atoms with Crippen molar-refractivity contribution in [3.8, 4) is 0 Å². The van der Waals surface area contributed by atoms with Crippen LogP contribution in [0.25, 0.3) is 0 Å². The summed E-state index contributed by atoms with van der Waals surface area (Å²) in [6, 6.07) is 21.6. The molecule has 0 spiro atoms. The van der Waals surface area contributed by atoms with E-state index in [9.17, 15) is 4.79 Å². The Morgan fingerprint density at radius 1 is 0.567 bits per heavy atom. The van der Waals surface area contributed by atoms with Crippen molar-refractivity contribution < 1.29 is 4.79 Å². The van der Waals surface area contributed by atoms with Gasteiger partial charge in [0.15, 0.2) is 0 Å². The van der Waals surface area contributed by atoms with Crippen LogP contribution in [-0.2, 0) is 12.8 Å². The molecule has 2 amide bonds. The normalized spacial score (nSPS) is 18.5. The zero-order chi connectivity index (χ0) is 20.6. The molecule has 2 saturated heterocycles. The molecule has 2 heterocycles. The highest BCUT2D eigenvalue weighted by Gasteiger charge is 2.27. The Kier molecular flexibility index (Phi) is 7.38. The van der Waals surface area contributed by atoms with E-state index in [0.717, 1.165) is 78.3 Å². The maximum atomic E-state index is 12.9. The number of piperazine rings is 2. The van der Waals surface area contributed by atoms with Crippen molar-refractivity contribution in [2.75, 3.05) is 65.4 Å². The van der Waals surface area contributed by atoms with Crippen LogP contribution in [0, 0.1) is 0 Å². The van der Waals surface area contributed by atoms with Crippen molar-refractivity contribution in [1.82, 2.24) is 19.6 Å². The second-order valence-corrected chi connectivity index (χ2v) is 8.41. The standard InChI is InChI=1S/C25H34N4O/c30-25(28-19-15-26(16-20-28)13-11-23-7-3-1-4-8-23)29-21-17-27(18-22-29)14-12-24-9-5-2-6-10-24/h1-10H,11-22H2. The topological polar surface area (TPSA) is 30.0 Å². The largest absolute Gasteiger partial charge is 0.322 e. The van der Waals surface area contributed by atoms with E-state index < -0.39 is 0 Å². The molecule has 4 rings (SSSR count). The van der Waals surface area contributed by atoms with Crippen molar-refractivity contribution in [1.29, 1.82) is 0 Å². The lowest BCUT2D eigenvalue weighted by Gasteiger charge is -2.40. The molecular formula is C25H34N4O. The fourth-order valence-corrected chi connectivity index (χ4v) is 4.39. The van der Waals surface area contributed by atoms with Crippen molar-refractivity contribution in [3.63, 3.8) is 0 Å². The lowest BCUT2D eigenvalue weighted by molar-refractivity contribution is 0.0909. The first-order valence-electron chi connectivity index (χ1n) is 11.3. The van der Waals surface area contributed by atoms with Gasteiger partial charge in [-0.3, -0.25) is 9.80 Å². The summed E-state index contributed by atoms with van der Waals surface area (Å²) in [6.45, 7) is 9.47. The summed E-state index contributed by atoms with van der Waals surface area (Å²) in [4.78, 5) is 22.0. The zero-order valence-corrected chi connectivity index (χ0v) is 18.0. The van der Waals surface area contributed by atoms with Gasteiger partial charge in [0, 0.05) is 65.4 Å². The van der Waals surface area contributed by atoms with Gasteiger partial charge >= 0.3 is 6.03 Å². The second kappa shape index (κ2) is 10.6. The highest BCUT2D eigenvalue weighted by atomic mass is 16.2. The molecule has 2 fully saturated rings. The van der Waals surface area contributed by atoms with E-state index in [1.54, 1.807) is 0 Å². The van der Waals surface area contributed by atoms with Crippen LogP contribution in [0.15, 0.2) is 60.7 Å². The third-order valence-corrected chi connectivity index (χ3v) is 6.40. The van der Waals surface area contributed by atoms with Gasteiger partial charge < -0.3 is 9.80 Å². The van der Waals surface area contributed by atoms with Crippen LogP contribution >= 0.6 is 0 Å². The van der Waals surface area contributed by atoms with Crippen molar-refractivity contribution in [2.24, 2.45) is 0 Å². The van der Waals surface area contributed by atoms with E-state index in [0.29, 0.717) is 0 Å². The molecule has 0 saturated carbocycles. The molecule has 0 aliphatic carbocycles. The molecular weight excluding hydrogens is 372 g/mol. The van der Waals surface area contributed by atoms with Crippen LogP contribution in [0.4, 0.5) is 4.79 Å². The van der Waals surface area contributed by atoms with Gasteiger partial charge in [-0.15, -0.1) is 0 Å². The molecule has 5 heteroatoms. The van der Waals surface area contributed by atoms with Crippen LogP contribution in [-0.4, -0.2) is 91.1 Å². The smallest absolute Gasteiger partial charge is 0.320 e. The Bertz CT molecular complexity index is 701. The van der Waals surface area contributed by atoms with Crippen LogP contribution in [0.3, 0.4) is 0 Å². The van der Waals surface area contributed by atoms with E-state index in [-0.39, 0.29) is 6.03 Å². The number of rotatable bonds is 6. The van der Waals surface area contributed by atoms with Gasteiger partial charge in [-0.25, -0.2) is 4.79 Å². The van der Waals surface area contributed by atoms with Crippen LogP contribution in [0.2, 0.25) is 0 Å². The molecule has 0 aromatic heterocycles. The highest BCUT2D eigenvalue weighted by Crippen LogP contribution is 2.11. The lowest BCUT2D eigenvalue weighted by atomic mass is 10.1. The Labute approximate surface area is 180 Å². The summed E-state index contributed by atoms with van der Waals surface area (Å²) in [5.41, 5.74) is 2.78. The number of carbonyl (C=O) groups is 1. The number of carbonyl (C=O) groups excluding carboxylic acids is 1. The predicted molar refractivity (Wildman–Crippen MR) is 122 cm³/mol. The third-order valence-electron chi connectivity index (χ3n) is 6.40. The van der Waals surface area contributed by atoms with E-state index in [1.807, 2.05) is 0 Å². The average molecular weight is 407 g/mol. The fraction of sp³-hybridized carbons (Fsp3) is 0.480. The number of benzene rings is 2. The van der Waals surface area contributed by atoms with E-state index >= 15 is 0 Å². The maximum Gasteiger partial charge on any atom is 0.320 e. The fourth-order valence-electron chi connectivity index (χ4n) is 4.39. The minimum Gasteiger partial charge on any atom is -0.322 e. The van der Waals surface area contributed by atoms with Gasteiger partial charge in [0.05, 0.1) is 0 Å². The van der Waals surface area contributed by atoms with Crippen molar-refractivity contribution in [3.05, 3.63) is 71.8 Å². The summed E-state index contributed by atoms with van der Waals surface area (Å²) in [5, 5.41) is 0. The second-order valence-electron chi connectivity index (χ2n) is 8.41. The van der Waals surface area contributed by atoms with E-state index in [1.165, 1.54) is 11.1 Å². The lowest BCUT2D eigenvalue weighted by Crippen LogP contribution is -2.57. The molecule has 2 aromatic rings. The molecule has 0 unspecified atom stereocenters. The highest BCUT2D eigenvalue weighted by molar-refractivity contribution is 5.74. The number of nitrogens with zero attached hydrogens (tertiary/aromatic N) is 4. The molecule has 0 N–H and O–H groups in total. The monoisotopic (exact) mass is 406 g/mol. The Morgan fingerprint density at radius 3 is 1.30 bits per heavy atom. The van der Waals surface area contributed by atoms with Crippen molar-refractivity contribution >= 4 is 6.03 Å². The molecule has 2 aliphatic rings. The molecule has 30 heavy (non-hydrogen) atoms. The number of amides is 2. The number of hydrogen-bond donors (Lipinski definition) is 0.